The van der Waals surface area contributed by atoms with E-state index in [1.165, 1.54) is 0 Å². The van der Waals surface area contributed by atoms with Crippen LogP contribution in [0, 0.1) is 5.92 Å². The number of anilines is 1. The molecule has 0 unspecified atom stereocenters. The fourth-order valence-corrected chi connectivity index (χ4v) is 3.41. The molecule has 2 aromatic rings. The van der Waals surface area contributed by atoms with Crippen molar-refractivity contribution in [2.75, 3.05) is 17.6 Å². The van der Waals surface area contributed by atoms with Gasteiger partial charge in [0.15, 0.2) is 0 Å². The van der Waals surface area contributed by atoms with Crippen molar-refractivity contribution in [1.82, 2.24) is 5.32 Å². The fourth-order valence-electron chi connectivity index (χ4n) is 2.77. The summed E-state index contributed by atoms with van der Waals surface area (Å²) in [4.78, 5) is 12.7. The van der Waals surface area contributed by atoms with Crippen molar-refractivity contribution in [1.29, 1.82) is 0 Å². The van der Waals surface area contributed by atoms with Gasteiger partial charge in [0.2, 0.25) is 10.0 Å². The van der Waals surface area contributed by atoms with E-state index in [1.807, 2.05) is 24.3 Å². The maximum atomic E-state index is 12.7. The first-order valence-corrected chi connectivity index (χ1v) is 10.9. The van der Waals surface area contributed by atoms with E-state index in [1.54, 1.807) is 38.3 Å². The van der Waals surface area contributed by atoms with Crippen LogP contribution in [0.15, 0.2) is 48.5 Å². The Morgan fingerprint density at radius 1 is 1.04 bits per heavy atom. The lowest BCUT2D eigenvalue weighted by Crippen LogP contribution is -2.29. The molecule has 6 nitrogen and oxygen atoms in total. The maximum Gasteiger partial charge on any atom is 0.251 e. The maximum absolute atomic E-state index is 12.7. The van der Waals surface area contributed by atoms with Crippen LogP contribution < -0.4 is 14.8 Å². The van der Waals surface area contributed by atoms with Gasteiger partial charge in [-0.2, -0.15) is 0 Å². The summed E-state index contributed by atoms with van der Waals surface area (Å²) in [7, 11) is -1.72. The van der Waals surface area contributed by atoms with Gasteiger partial charge in [0.25, 0.3) is 5.91 Å². The summed E-state index contributed by atoms with van der Waals surface area (Å²) in [6, 6.07) is 13.9. The number of hydrogen-bond acceptors (Lipinski definition) is 4. The van der Waals surface area contributed by atoms with Crippen molar-refractivity contribution in [3.8, 4) is 5.75 Å². The van der Waals surface area contributed by atoms with Crippen LogP contribution >= 0.6 is 0 Å². The highest BCUT2D eigenvalue weighted by molar-refractivity contribution is 7.92. The average Bonchev–Trinajstić information content (AvgIpc) is 2.67. The molecule has 0 saturated heterocycles. The minimum atomic E-state index is -3.34. The molecule has 0 fully saturated rings. The van der Waals surface area contributed by atoms with Crippen LogP contribution in [0.25, 0.3) is 0 Å². The summed E-state index contributed by atoms with van der Waals surface area (Å²) >= 11 is 0. The van der Waals surface area contributed by atoms with E-state index in [0.29, 0.717) is 17.2 Å². The van der Waals surface area contributed by atoms with Crippen molar-refractivity contribution >= 4 is 21.6 Å². The number of ether oxygens (including phenoxy) is 1. The normalized spacial score (nSPS) is 12.5. The summed E-state index contributed by atoms with van der Waals surface area (Å²) in [6.45, 7) is 5.78. The Morgan fingerprint density at radius 3 is 2.14 bits per heavy atom. The molecular weight excluding hydrogens is 376 g/mol. The highest BCUT2D eigenvalue weighted by atomic mass is 32.2. The summed E-state index contributed by atoms with van der Waals surface area (Å²) in [5.74, 6) is 0.960. The van der Waals surface area contributed by atoms with E-state index in [-0.39, 0.29) is 17.7 Å². The Hall–Kier alpha value is -2.54. The average molecular weight is 405 g/mol. The molecule has 0 bridgehead atoms. The molecule has 2 aromatic carbocycles. The van der Waals surface area contributed by atoms with Gasteiger partial charge in [-0.15, -0.1) is 0 Å². The number of nitrogens with one attached hydrogen (secondary N) is 2. The highest BCUT2D eigenvalue weighted by Crippen LogP contribution is 2.24. The molecule has 0 aliphatic carbocycles. The second kappa shape index (κ2) is 9.59. The van der Waals surface area contributed by atoms with E-state index in [4.69, 9.17) is 4.74 Å². The molecule has 0 radical (unpaired) electrons. The number of carbonyl (C=O) groups excluding carboxylic acids is 1. The standard InChI is InChI=1S/C21H28N2O4S/c1-5-28(25,26)23-18-10-6-17(7-11-18)21(24)22-20(14-15(2)3)16-8-12-19(27-4)13-9-16/h6-13,15,20,23H,5,14H2,1-4H3,(H,22,24)/t20-/m1/s1. The Kier molecular flexibility index (Phi) is 7.45. The first-order valence-electron chi connectivity index (χ1n) is 9.29. The third-order valence-corrected chi connectivity index (χ3v) is 5.64. The molecule has 28 heavy (non-hydrogen) atoms. The molecule has 0 aliphatic heterocycles. The van der Waals surface area contributed by atoms with Gasteiger partial charge < -0.3 is 10.1 Å². The molecule has 2 rings (SSSR count). The molecule has 2 N–H and O–H groups in total. The van der Waals surface area contributed by atoms with Gasteiger partial charge in [-0.05, 0) is 61.2 Å². The molecule has 0 spiro atoms. The largest absolute Gasteiger partial charge is 0.497 e. The Bertz CT molecular complexity index is 876. The molecule has 152 valence electrons. The molecule has 1 atom stereocenters. The zero-order valence-corrected chi connectivity index (χ0v) is 17.5. The van der Waals surface area contributed by atoms with E-state index in [0.717, 1.165) is 17.7 Å². The zero-order chi connectivity index (χ0) is 20.7. The van der Waals surface area contributed by atoms with Crippen molar-refractivity contribution in [2.24, 2.45) is 5.92 Å². The van der Waals surface area contributed by atoms with Crippen LogP contribution in [-0.4, -0.2) is 27.2 Å². The van der Waals surface area contributed by atoms with Crippen LogP contribution in [0.1, 0.15) is 49.2 Å². The molecule has 0 aromatic heterocycles. The smallest absolute Gasteiger partial charge is 0.251 e. The fraction of sp³-hybridized carbons (Fsp3) is 0.381. The lowest BCUT2D eigenvalue weighted by molar-refractivity contribution is 0.0932. The number of hydrogen-bond donors (Lipinski definition) is 2. The Morgan fingerprint density at radius 2 is 1.64 bits per heavy atom. The number of rotatable bonds is 9. The predicted octanol–water partition coefficient (Wildman–Crippen LogP) is 3.97. The third kappa shape index (κ3) is 6.27. The van der Waals surface area contributed by atoms with E-state index >= 15 is 0 Å². The SMILES string of the molecule is CCS(=O)(=O)Nc1ccc(C(=O)N[C@H](CC(C)C)c2ccc(OC)cc2)cc1. The van der Waals surface area contributed by atoms with E-state index < -0.39 is 10.0 Å². The monoisotopic (exact) mass is 404 g/mol. The Labute approximate surface area is 167 Å². The molecule has 0 heterocycles. The molecule has 0 saturated carbocycles. The van der Waals surface area contributed by atoms with Gasteiger partial charge in [0.05, 0.1) is 18.9 Å². The van der Waals surface area contributed by atoms with Crippen molar-refractivity contribution in [3.05, 3.63) is 59.7 Å². The minimum Gasteiger partial charge on any atom is -0.497 e. The summed E-state index contributed by atoms with van der Waals surface area (Å²) in [5, 5.41) is 3.08. The lowest BCUT2D eigenvalue weighted by atomic mass is 9.96. The summed E-state index contributed by atoms with van der Waals surface area (Å²) < 4.78 is 30.9. The van der Waals surface area contributed by atoms with Gasteiger partial charge in [0.1, 0.15) is 5.75 Å². The highest BCUT2D eigenvalue weighted by Gasteiger charge is 2.17. The van der Waals surface area contributed by atoms with Crippen molar-refractivity contribution in [3.63, 3.8) is 0 Å². The van der Waals surface area contributed by atoms with Gasteiger partial charge in [0, 0.05) is 11.3 Å². The third-order valence-electron chi connectivity index (χ3n) is 4.33. The minimum absolute atomic E-state index is 0.00597. The van der Waals surface area contributed by atoms with E-state index in [2.05, 4.69) is 23.9 Å². The van der Waals surface area contributed by atoms with Gasteiger partial charge in [-0.1, -0.05) is 26.0 Å². The quantitative estimate of drug-likeness (QED) is 0.662. The topological polar surface area (TPSA) is 84.5 Å². The van der Waals surface area contributed by atoms with Crippen LogP contribution in [0.2, 0.25) is 0 Å². The lowest BCUT2D eigenvalue weighted by Gasteiger charge is -2.21. The number of carbonyl (C=O) groups is 1. The molecule has 1 amide bonds. The van der Waals surface area contributed by atoms with Gasteiger partial charge in [-0.25, -0.2) is 8.42 Å². The first-order chi connectivity index (χ1) is 13.2. The second-order valence-electron chi connectivity index (χ2n) is 7.01. The number of methoxy groups -OCH3 is 1. The first kappa shape index (κ1) is 21.8. The van der Waals surface area contributed by atoms with Crippen LogP contribution in [0.4, 0.5) is 5.69 Å². The number of benzene rings is 2. The van der Waals surface area contributed by atoms with Crippen LogP contribution in [0.5, 0.6) is 5.75 Å². The Balaban J connectivity index is 2.13. The van der Waals surface area contributed by atoms with Crippen molar-refractivity contribution < 1.29 is 17.9 Å². The van der Waals surface area contributed by atoms with Crippen molar-refractivity contribution in [2.45, 2.75) is 33.2 Å². The van der Waals surface area contributed by atoms with Gasteiger partial charge in [-0.3, -0.25) is 9.52 Å². The molecule has 0 aliphatic rings. The summed E-state index contributed by atoms with van der Waals surface area (Å²) in [6.07, 6.45) is 0.798. The number of amides is 1. The van der Waals surface area contributed by atoms with E-state index in [9.17, 15) is 13.2 Å². The second-order valence-corrected chi connectivity index (χ2v) is 9.02. The molecule has 7 heteroatoms. The number of sulfonamides is 1. The summed E-state index contributed by atoms with van der Waals surface area (Å²) in [5.41, 5.74) is 1.92. The zero-order valence-electron chi connectivity index (χ0n) is 16.7. The van der Waals surface area contributed by atoms with Crippen LogP contribution in [0.3, 0.4) is 0 Å². The molecular formula is C21H28N2O4S. The van der Waals surface area contributed by atoms with Gasteiger partial charge >= 0.3 is 0 Å². The predicted molar refractivity (Wildman–Crippen MR) is 112 cm³/mol. The van der Waals surface area contributed by atoms with Crippen LogP contribution in [-0.2, 0) is 10.0 Å².